The van der Waals surface area contributed by atoms with Gasteiger partial charge in [0.05, 0.1) is 11.4 Å². The molecular formula is C22H26N4O5S. The molecule has 0 aromatic heterocycles. The van der Waals surface area contributed by atoms with Crippen LogP contribution in [0, 0.1) is 6.92 Å². The van der Waals surface area contributed by atoms with E-state index in [4.69, 9.17) is 5.73 Å². The molecule has 32 heavy (non-hydrogen) atoms. The molecule has 1 saturated heterocycles. The summed E-state index contributed by atoms with van der Waals surface area (Å²) < 4.78 is 27.6. The fourth-order valence-corrected chi connectivity index (χ4v) is 5.21. The van der Waals surface area contributed by atoms with E-state index in [0.29, 0.717) is 29.9 Å². The molecule has 10 heteroatoms. The molecule has 0 aliphatic carbocycles. The summed E-state index contributed by atoms with van der Waals surface area (Å²) in [4.78, 5) is 35.6. The molecular weight excluding hydrogens is 432 g/mol. The Balaban J connectivity index is 1.74. The number of piperidine rings is 1. The average Bonchev–Trinajstić information content (AvgIpc) is 2.78. The van der Waals surface area contributed by atoms with Crippen molar-refractivity contribution in [3.8, 4) is 0 Å². The first-order chi connectivity index (χ1) is 15.2. The summed E-state index contributed by atoms with van der Waals surface area (Å²) in [6.07, 6.45) is 2.67. The Labute approximate surface area is 187 Å². The Hall–Kier alpha value is -3.24. The maximum Gasteiger partial charge on any atom is 0.255 e. The molecule has 1 fully saturated rings. The van der Waals surface area contributed by atoms with Crippen LogP contribution in [0.5, 0.6) is 0 Å². The number of amides is 3. The number of sulfonamides is 1. The molecule has 170 valence electrons. The number of nitrogens with one attached hydrogen (secondary N) is 2. The van der Waals surface area contributed by atoms with Crippen LogP contribution in [0.25, 0.3) is 0 Å². The molecule has 0 unspecified atom stereocenters. The molecule has 0 bridgehead atoms. The number of hydrogen-bond acceptors (Lipinski definition) is 5. The number of benzene rings is 2. The number of nitrogens with two attached hydrogens (primary N) is 1. The molecule has 0 spiro atoms. The van der Waals surface area contributed by atoms with Crippen LogP contribution in [-0.2, 0) is 14.8 Å². The molecule has 1 aliphatic heterocycles. The van der Waals surface area contributed by atoms with Crippen LogP contribution in [0.15, 0.2) is 47.4 Å². The van der Waals surface area contributed by atoms with Crippen LogP contribution < -0.4 is 16.4 Å². The van der Waals surface area contributed by atoms with Crippen LogP contribution in [0.3, 0.4) is 0 Å². The second kappa shape index (κ2) is 9.92. The van der Waals surface area contributed by atoms with Gasteiger partial charge in [0.1, 0.15) is 0 Å². The van der Waals surface area contributed by atoms with Crippen molar-refractivity contribution < 1.29 is 22.8 Å². The van der Waals surface area contributed by atoms with Gasteiger partial charge in [0.25, 0.3) is 11.8 Å². The van der Waals surface area contributed by atoms with Gasteiger partial charge in [-0.05, 0) is 61.7 Å². The topological polar surface area (TPSA) is 139 Å². The summed E-state index contributed by atoms with van der Waals surface area (Å²) >= 11 is 0. The Morgan fingerprint density at radius 3 is 2.19 bits per heavy atom. The maximum absolute atomic E-state index is 13.1. The van der Waals surface area contributed by atoms with Crippen molar-refractivity contribution in [2.24, 2.45) is 5.73 Å². The zero-order valence-corrected chi connectivity index (χ0v) is 18.6. The third-order valence-corrected chi connectivity index (χ3v) is 7.25. The van der Waals surface area contributed by atoms with Crippen LogP contribution >= 0.6 is 0 Å². The summed E-state index contributed by atoms with van der Waals surface area (Å²) in [5, 5.41) is 5.07. The van der Waals surface area contributed by atoms with Crippen LogP contribution in [0.4, 0.5) is 5.69 Å². The van der Waals surface area contributed by atoms with E-state index in [0.717, 1.165) is 19.3 Å². The number of rotatable bonds is 7. The summed E-state index contributed by atoms with van der Waals surface area (Å²) in [5.74, 6) is -1.58. The SMILES string of the molecule is Cc1ccc(C(=O)Nc2ccc(C(=O)NCC(N)=O)cc2)cc1S(=O)(=O)N1CCCCC1. The van der Waals surface area contributed by atoms with Crippen molar-refractivity contribution >= 4 is 33.4 Å². The third-order valence-electron chi connectivity index (χ3n) is 5.21. The predicted molar refractivity (Wildman–Crippen MR) is 120 cm³/mol. The molecule has 4 N–H and O–H groups in total. The monoisotopic (exact) mass is 458 g/mol. The van der Waals surface area contributed by atoms with E-state index in [9.17, 15) is 22.8 Å². The van der Waals surface area contributed by atoms with Gasteiger partial charge in [0, 0.05) is 29.9 Å². The lowest BCUT2D eigenvalue weighted by atomic mass is 10.1. The highest BCUT2D eigenvalue weighted by Gasteiger charge is 2.28. The lowest BCUT2D eigenvalue weighted by molar-refractivity contribution is -0.117. The van der Waals surface area contributed by atoms with Gasteiger partial charge in [-0.25, -0.2) is 8.42 Å². The summed E-state index contributed by atoms with van der Waals surface area (Å²) in [7, 11) is -3.67. The van der Waals surface area contributed by atoms with Gasteiger partial charge in [-0.1, -0.05) is 12.5 Å². The molecule has 9 nitrogen and oxygen atoms in total. The highest BCUT2D eigenvalue weighted by atomic mass is 32.2. The van der Waals surface area contributed by atoms with Crippen molar-refractivity contribution in [1.82, 2.24) is 9.62 Å². The van der Waals surface area contributed by atoms with Crippen LogP contribution in [0.2, 0.25) is 0 Å². The van der Waals surface area contributed by atoms with Gasteiger partial charge in [-0.15, -0.1) is 0 Å². The Morgan fingerprint density at radius 2 is 1.56 bits per heavy atom. The number of nitrogens with zero attached hydrogens (tertiary/aromatic N) is 1. The average molecular weight is 459 g/mol. The minimum atomic E-state index is -3.67. The third kappa shape index (κ3) is 5.51. The Kier molecular flexibility index (Phi) is 7.26. The lowest BCUT2D eigenvalue weighted by Crippen LogP contribution is -2.36. The number of carbonyl (C=O) groups excluding carboxylic acids is 3. The summed E-state index contributed by atoms with van der Waals surface area (Å²) in [6.45, 7) is 2.41. The van der Waals surface area contributed by atoms with Gasteiger partial charge in [0.2, 0.25) is 15.9 Å². The molecule has 1 aliphatic rings. The molecule has 2 aromatic rings. The van der Waals surface area contributed by atoms with Gasteiger partial charge in [0.15, 0.2) is 0 Å². The van der Waals surface area contributed by atoms with E-state index in [1.807, 2.05) is 0 Å². The first kappa shape index (κ1) is 23.4. The molecule has 0 radical (unpaired) electrons. The van der Waals surface area contributed by atoms with Gasteiger partial charge in [-0.2, -0.15) is 4.31 Å². The lowest BCUT2D eigenvalue weighted by Gasteiger charge is -2.26. The molecule has 0 saturated carbocycles. The fourth-order valence-electron chi connectivity index (χ4n) is 3.44. The van der Waals surface area contributed by atoms with E-state index in [1.54, 1.807) is 19.1 Å². The van der Waals surface area contributed by atoms with Crippen LogP contribution in [-0.4, -0.2) is 50.1 Å². The quantitative estimate of drug-likeness (QED) is 0.579. The maximum atomic E-state index is 13.1. The van der Waals surface area contributed by atoms with Gasteiger partial charge >= 0.3 is 0 Å². The molecule has 1 heterocycles. The Bertz CT molecular complexity index is 1120. The number of hydrogen-bond donors (Lipinski definition) is 3. The molecule has 2 aromatic carbocycles. The van der Waals surface area contributed by atoms with Gasteiger partial charge < -0.3 is 16.4 Å². The minimum absolute atomic E-state index is 0.133. The smallest absolute Gasteiger partial charge is 0.255 e. The van der Waals surface area contributed by atoms with Crippen LogP contribution in [0.1, 0.15) is 45.5 Å². The first-order valence-electron chi connectivity index (χ1n) is 10.3. The highest BCUT2D eigenvalue weighted by molar-refractivity contribution is 7.89. The van der Waals surface area contributed by atoms with Gasteiger partial charge in [-0.3, -0.25) is 14.4 Å². The Morgan fingerprint density at radius 1 is 0.938 bits per heavy atom. The fraction of sp³-hybridized carbons (Fsp3) is 0.318. The second-order valence-electron chi connectivity index (χ2n) is 7.63. The number of anilines is 1. The minimum Gasteiger partial charge on any atom is -0.368 e. The number of aryl methyl sites for hydroxylation is 1. The van der Waals surface area contributed by atoms with Crippen molar-refractivity contribution in [3.05, 3.63) is 59.2 Å². The highest BCUT2D eigenvalue weighted by Crippen LogP contribution is 2.25. The normalized spacial score (nSPS) is 14.5. The van der Waals surface area contributed by atoms with Crippen molar-refractivity contribution in [1.29, 1.82) is 0 Å². The van der Waals surface area contributed by atoms with E-state index >= 15 is 0 Å². The molecule has 3 rings (SSSR count). The number of primary amides is 1. The van der Waals surface area contributed by atoms with E-state index in [2.05, 4.69) is 10.6 Å². The predicted octanol–water partition coefficient (Wildman–Crippen LogP) is 1.64. The second-order valence-corrected chi connectivity index (χ2v) is 9.53. The van der Waals surface area contributed by atoms with E-state index in [-0.39, 0.29) is 17.0 Å². The summed E-state index contributed by atoms with van der Waals surface area (Å²) in [6, 6.07) is 10.7. The largest absolute Gasteiger partial charge is 0.368 e. The van der Waals surface area contributed by atoms with Crippen molar-refractivity contribution in [2.45, 2.75) is 31.1 Å². The molecule has 0 atom stereocenters. The van der Waals surface area contributed by atoms with E-state index < -0.39 is 27.7 Å². The zero-order valence-electron chi connectivity index (χ0n) is 17.8. The zero-order chi connectivity index (χ0) is 23.3. The van der Waals surface area contributed by atoms with Crippen molar-refractivity contribution in [2.75, 3.05) is 25.0 Å². The van der Waals surface area contributed by atoms with E-state index in [1.165, 1.54) is 34.6 Å². The first-order valence-corrected chi connectivity index (χ1v) is 11.7. The standard InChI is InChI=1S/C22H26N4O5S/c1-15-5-6-17(13-19(15)32(30,31)26-11-3-2-4-12-26)22(29)25-18-9-7-16(8-10-18)21(28)24-14-20(23)27/h5-10,13H,2-4,11-12,14H2,1H3,(H2,23,27)(H,24,28)(H,25,29). The molecule has 3 amide bonds. The summed E-state index contributed by atoms with van der Waals surface area (Å²) in [5.41, 5.74) is 6.53. The number of carbonyl (C=O) groups is 3. The van der Waals surface area contributed by atoms with Crippen molar-refractivity contribution in [3.63, 3.8) is 0 Å².